The molecule has 0 radical (unpaired) electrons. The van der Waals surface area contributed by atoms with E-state index in [4.69, 9.17) is 14.1 Å². The van der Waals surface area contributed by atoms with E-state index in [1.54, 1.807) is 30.2 Å². The highest BCUT2D eigenvalue weighted by molar-refractivity contribution is 14.0. The van der Waals surface area contributed by atoms with Gasteiger partial charge in [-0.2, -0.15) is 11.8 Å². The lowest BCUT2D eigenvalue weighted by Gasteiger charge is -2.33. The van der Waals surface area contributed by atoms with E-state index >= 15 is 0 Å². The number of hydrogen-bond donors (Lipinski definition) is 2. The fourth-order valence-corrected chi connectivity index (χ4v) is 3.93. The van der Waals surface area contributed by atoms with E-state index in [2.05, 4.69) is 21.8 Å². The number of hydrogen-bond acceptors (Lipinski definition) is 5. The van der Waals surface area contributed by atoms with Crippen LogP contribution in [0, 0.1) is 5.82 Å². The van der Waals surface area contributed by atoms with Crippen molar-refractivity contribution in [3.8, 4) is 5.75 Å². The topological polar surface area (TPSA) is 62.0 Å². The zero-order chi connectivity index (χ0) is 21.9. The van der Waals surface area contributed by atoms with Gasteiger partial charge in [0.1, 0.15) is 5.76 Å². The van der Waals surface area contributed by atoms with Crippen LogP contribution in [0.15, 0.2) is 46.0 Å². The maximum atomic E-state index is 13.9. The van der Waals surface area contributed by atoms with Gasteiger partial charge in [-0.05, 0) is 48.9 Å². The number of halogens is 2. The Hall–Kier alpha value is -1.46. The van der Waals surface area contributed by atoms with Gasteiger partial charge in [-0.25, -0.2) is 4.39 Å². The van der Waals surface area contributed by atoms with Crippen LogP contribution in [0.5, 0.6) is 5.75 Å². The van der Waals surface area contributed by atoms with Gasteiger partial charge in [0.15, 0.2) is 17.5 Å². The van der Waals surface area contributed by atoms with Crippen molar-refractivity contribution in [3.63, 3.8) is 0 Å². The first kappa shape index (κ1) is 26.8. The largest absolute Gasteiger partial charge is 0.494 e. The van der Waals surface area contributed by atoms with Crippen molar-refractivity contribution in [3.05, 3.63) is 53.7 Å². The van der Waals surface area contributed by atoms with E-state index in [-0.39, 0.29) is 29.8 Å². The molecule has 0 bridgehead atoms. The lowest BCUT2D eigenvalue weighted by molar-refractivity contribution is 0.198. The predicted octanol–water partition coefficient (Wildman–Crippen LogP) is 4.15. The number of furan rings is 1. The zero-order valence-electron chi connectivity index (χ0n) is 18.8. The Morgan fingerprint density at radius 1 is 1.31 bits per heavy atom. The van der Waals surface area contributed by atoms with Crippen LogP contribution in [0.2, 0.25) is 0 Å². The summed E-state index contributed by atoms with van der Waals surface area (Å²) in [6.45, 7) is 4.26. The van der Waals surface area contributed by atoms with Crippen LogP contribution in [0.3, 0.4) is 0 Å². The molecule has 6 nitrogen and oxygen atoms in total. The van der Waals surface area contributed by atoms with E-state index in [0.717, 1.165) is 75.0 Å². The third kappa shape index (κ3) is 8.82. The standard InChI is InChI=1S/C23H33FN4O2S.HI/c1-29-22-6-5-18(16-21(22)24)17-28-12-8-19(9-13-28)27-23(26-11-15-31-2)25-10-7-20-4-3-14-30-20;/h3-6,14,16,19H,7-13,15,17H2,1-2H3,(H2,25,26,27);1H. The summed E-state index contributed by atoms with van der Waals surface area (Å²) in [6.07, 6.45) is 6.68. The van der Waals surface area contributed by atoms with E-state index < -0.39 is 0 Å². The van der Waals surface area contributed by atoms with Gasteiger partial charge in [0.05, 0.1) is 19.9 Å². The molecule has 0 unspecified atom stereocenters. The second kappa shape index (κ2) is 14.6. The summed E-state index contributed by atoms with van der Waals surface area (Å²) in [5, 5.41) is 7.03. The Balaban J connectivity index is 0.00000363. The Morgan fingerprint density at radius 3 is 2.78 bits per heavy atom. The summed E-state index contributed by atoms with van der Waals surface area (Å²) < 4.78 is 24.4. The second-order valence-electron chi connectivity index (χ2n) is 7.64. The molecule has 2 N–H and O–H groups in total. The molecule has 9 heteroatoms. The lowest BCUT2D eigenvalue weighted by Crippen LogP contribution is -2.49. The molecule has 0 atom stereocenters. The number of guanidine groups is 1. The number of rotatable bonds is 10. The number of nitrogens with zero attached hydrogens (tertiary/aromatic N) is 2. The number of likely N-dealkylation sites (tertiary alicyclic amines) is 1. The maximum Gasteiger partial charge on any atom is 0.191 e. The minimum atomic E-state index is -0.303. The normalized spacial score (nSPS) is 15.3. The average Bonchev–Trinajstić information content (AvgIpc) is 3.29. The summed E-state index contributed by atoms with van der Waals surface area (Å²) in [5.74, 6) is 2.83. The van der Waals surface area contributed by atoms with Gasteiger partial charge in [0.25, 0.3) is 0 Å². The van der Waals surface area contributed by atoms with Crippen LogP contribution in [0.4, 0.5) is 4.39 Å². The highest BCUT2D eigenvalue weighted by atomic mass is 127. The van der Waals surface area contributed by atoms with Gasteiger partial charge in [0, 0.05) is 44.4 Å². The Labute approximate surface area is 211 Å². The Kier molecular flexibility index (Phi) is 12.3. The Morgan fingerprint density at radius 2 is 2.12 bits per heavy atom. The van der Waals surface area contributed by atoms with Crippen molar-refractivity contribution in [1.29, 1.82) is 0 Å². The van der Waals surface area contributed by atoms with E-state index in [0.29, 0.717) is 11.8 Å². The molecule has 3 rings (SSSR count). The number of aliphatic imine (C=N–C) groups is 1. The first-order valence-corrected chi connectivity index (χ1v) is 12.2. The van der Waals surface area contributed by atoms with Gasteiger partial charge in [-0.15, -0.1) is 24.0 Å². The van der Waals surface area contributed by atoms with Crippen molar-refractivity contribution in [2.45, 2.75) is 31.8 Å². The van der Waals surface area contributed by atoms with E-state index in [9.17, 15) is 4.39 Å². The highest BCUT2D eigenvalue weighted by Gasteiger charge is 2.20. The molecule has 1 aliphatic rings. The van der Waals surface area contributed by atoms with Crippen LogP contribution in [0.1, 0.15) is 24.2 Å². The summed E-state index contributed by atoms with van der Waals surface area (Å²) >= 11 is 1.80. The first-order chi connectivity index (χ1) is 15.2. The summed E-state index contributed by atoms with van der Waals surface area (Å²) in [5.41, 5.74) is 0.976. The number of thioether (sulfide) groups is 1. The molecule has 0 spiro atoms. The molecular formula is C23H34FIN4O2S. The highest BCUT2D eigenvalue weighted by Crippen LogP contribution is 2.20. The smallest absolute Gasteiger partial charge is 0.191 e. The number of nitrogens with one attached hydrogen (secondary N) is 2. The average molecular weight is 577 g/mol. The molecule has 32 heavy (non-hydrogen) atoms. The molecular weight excluding hydrogens is 542 g/mol. The van der Waals surface area contributed by atoms with Gasteiger partial charge >= 0.3 is 0 Å². The van der Waals surface area contributed by atoms with Crippen molar-refractivity contribution in [2.24, 2.45) is 4.99 Å². The maximum absolute atomic E-state index is 13.9. The summed E-state index contributed by atoms with van der Waals surface area (Å²) in [4.78, 5) is 7.08. The molecule has 1 aliphatic heterocycles. The predicted molar refractivity (Wildman–Crippen MR) is 141 cm³/mol. The fraction of sp³-hybridized carbons (Fsp3) is 0.522. The molecule has 2 aromatic rings. The molecule has 0 saturated carbocycles. The van der Waals surface area contributed by atoms with E-state index in [1.807, 2.05) is 18.2 Å². The monoisotopic (exact) mass is 576 g/mol. The third-order valence-corrected chi connectivity index (χ3v) is 5.95. The lowest BCUT2D eigenvalue weighted by atomic mass is 10.0. The minimum Gasteiger partial charge on any atom is -0.494 e. The molecule has 1 fully saturated rings. The number of ether oxygens (including phenoxy) is 1. The molecule has 0 amide bonds. The summed E-state index contributed by atoms with van der Waals surface area (Å²) in [6, 6.07) is 9.49. The van der Waals surface area contributed by atoms with Gasteiger partial charge < -0.3 is 19.8 Å². The second-order valence-corrected chi connectivity index (χ2v) is 8.63. The quantitative estimate of drug-likeness (QED) is 0.192. The van der Waals surface area contributed by atoms with Crippen LogP contribution in [-0.2, 0) is 13.0 Å². The fourth-order valence-electron chi connectivity index (χ4n) is 3.66. The van der Waals surface area contributed by atoms with Gasteiger partial charge in [-0.1, -0.05) is 6.07 Å². The van der Waals surface area contributed by atoms with Gasteiger partial charge in [0.2, 0.25) is 0 Å². The molecule has 0 aliphatic carbocycles. The molecule has 1 aromatic heterocycles. The molecule has 178 valence electrons. The SMILES string of the molecule is COc1ccc(CN2CCC(NC(=NCCSC)NCCc3ccco3)CC2)cc1F.I. The van der Waals surface area contributed by atoms with Gasteiger partial charge in [-0.3, -0.25) is 9.89 Å². The third-order valence-electron chi connectivity index (χ3n) is 5.36. The zero-order valence-corrected chi connectivity index (χ0v) is 22.0. The van der Waals surface area contributed by atoms with E-state index in [1.165, 1.54) is 7.11 Å². The van der Waals surface area contributed by atoms with Crippen molar-refractivity contribution in [1.82, 2.24) is 15.5 Å². The van der Waals surface area contributed by atoms with Crippen molar-refractivity contribution < 1.29 is 13.5 Å². The van der Waals surface area contributed by atoms with Crippen LogP contribution < -0.4 is 15.4 Å². The number of benzene rings is 1. The Bertz CT molecular complexity index is 814. The first-order valence-electron chi connectivity index (χ1n) is 10.8. The molecule has 1 saturated heterocycles. The van der Waals surface area contributed by atoms with Crippen molar-refractivity contribution >= 4 is 41.7 Å². The van der Waals surface area contributed by atoms with Crippen LogP contribution in [0.25, 0.3) is 0 Å². The van der Waals surface area contributed by atoms with Crippen LogP contribution in [-0.4, -0.2) is 62.2 Å². The number of piperidine rings is 1. The molecule has 2 heterocycles. The minimum absolute atomic E-state index is 0. The number of methoxy groups -OCH3 is 1. The van der Waals surface area contributed by atoms with Crippen LogP contribution >= 0.6 is 35.7 Å². The summed E-state index contributed by atoms with van der Waals surface area (Å²) in [7, 11) is 1.49. The van der Waals surface area contributed by atoms with Crippen molar-refractivity contribution in [2.75, 3.05) is 45.3 Å². The molecule has 1 aromatic carbocycles.